The van der Waals surface area contributed by atoms with Gasteiger partial charge in [-0.25, -0.2) is 9.18 Å². The number of halogens is 4. The number of carboxylic acids is 1. The van der Waals surface area contributed by atoms with E-state index in [1.807, 2.05) is 0 Å². The molecule has 278 valence electrons. The minimum absolute atomic E-state index is 0.0213. The standard InChI is InChI=1S/C38H34F4N2O9/c1-5-22(2)52-35(49)37(34(47)48,24-11-7-6-8-12-24)21-51-36(50)53-31-19-28(33(46)44(3)4)30(20-29(31)39)43-32(45)27-14-10-9-13-26(27)23-15-17-25(18-16-23)38(40,41)42/h6-20,22H,5,21H2,1-4H3,(H,43,45)(H,47,48). The number of hydrogen-bond acceptors (Lipinski definition) is 8. The molecule has 0 aliphatic heterocycles. The number of aliphatic carboxylic acids is 1. The summed E-state index contributed by atoms with van der Waals surface area (Å²) < 4.78 is 70.3. The van der Waals surface area contributed by atoms with Gasteiger partial charge in [-0.1, -0.05) is 67.6 Å². The molecule has 15 heteroatoms. The molecule has 4 aromatic carbocycles. The van der Waals surface area contributed by atoms with Crippen LogP contribution in [0.2, 0.25) is 0 Å². The van der Waals surface area contributed by atoms with Crippen LogP contribution in [0, 0.1) is 5.82 Å². The van der Waals surface area contributed by atoms with Crippen molar-refractivity contribution in [1.82, 2.24) is 4.90 Å². The molecule has 0 fully saturated rings. The number of rotatable bonds is 12. The minimum Gasteiger partial charge on any atom is -0.480 e. The molecule has 2 amide bonds. The van der Waals surface area contributed by atoms with Crippen molar-refractivity contribution >= 4 is 35.6 Å². The third kappa shape index (κ3) is 8.98. The van der Waals surface area contributed by atoms with E-state index in [1.165, 1.54) is 68.7 Å². The van der Waals surface area contributed by atoms with Gasteiger partial charge in [0, 0.05) is 25.7 Å². The molecular weight excluding hydrogens is 704 g/mol. The topological polar surface area (TPSA) is 149 Å². The summed E-state index contributed by atoms with van der Waals surface area (Å²) in [5.41, 5.74) is -3.70. The summed E-state index contributed by atoms with van der Waals surface area (Å²) in [5.74, 6) is -6.64. The molecule has 0 aliphatic rings. The summed E-state index contributed by atoms with van der Waals surface area (Å²) in [4.78, 5) is 66.5. The van der Waals surface area contributed by atoms with E-state index in [2.05, 4.69) is 5.32 Å². The second kappa shape index (κ2) is 16.4. The molecule has 0 spiro atoms. The third-order valence-electron chi connectivity index (χ3n) is 8.11. The van der Waals surface area contributed by atoms with Gasteiger partial charge in [0.15, 0.2) is 11.6 Å². The highest BCUT2D eigenvalue weighted by atomic mass is 19.4. The smallest absolute Gasteiger partial charge is 0.480 e. The lowest BCUT2D eigenvalue weighted by Gasteiger charge is -2.28. The van der Waals surface area contributed by atoms with Crippen molar-refractivity contribution in [3.8, 4) is 16.9 Å². The summed E-state index contributed by atoms with van der Waals surface area (Å²) in [6.45, 7) is 2.14. The molecule has 0 aromatic heterocycles. The van der Waals surface area contributed by atoms with Gasteiger partial charge < -0.3 is 29.5 Å². The Morgan fingerprint density at radius 3 is 2.06 bits per heavy atom. The Labute approximate surface area is 301 Å². The zero-order valence-corrected chi connectivity index (χ0v) is 28.8. The zero-order valence-electron chi connectivity index (χ0n) is 28.8. The number of alkyl halides is 3. The fraction of sp³-hybridized carbons (Fsp3) is 0.237. The molecule has 0 saturated carbocycles. The van der Waals surface area contributed by atoms with Gasteiger partial charge in [-0.05, 0) is 54.3 Å². The van der Waals surface area contributed by atoms with Crippen molar-refractivity contribution < 1.29 is 60.9 Å². The van der Waals surface area contributed by atoms with E-state index in [-0.39, 0.29) is 33.5 Å². The first-order valence-electron chi connectivity index (χ1n) is 16.0. The molecule has 2 atom stereocenters. The van der Waals surface area contributed by atoms with E-state index in [4.69, 9.17) is 14.2 Å². The molecule has 11 nitrogen and oxygen atoms in total. The van der Waals surface area contributed by atoms with Crippen LogP contribution < -0.4 is 10.1 Å². The molecule has 0 saturated heterocycles. The summed E-state index contributed by atoms with van der Waals surface area (Å²) >= 11 is 0. The molecule has 0 radical (unpaired) electrons. The van der Waals surface area contributed by atoms with Crippen LogP contribution in [0.1, 0.15) is 52.1 Å². The summed E-state index contributed by atoms with van der Waals surface area (Å²) in [7, 11) is 2.72. The predicted octanol–water partition coefficient (Wildman–Crippen LogP) is 7.35. The molecule has 0 bridgehead atoms. The largest absolute Gasteiger partial charge is 0.514 e. The van der Waals surface area contributed by atoms with Gasteiger partial charge in [-0.15, -0.1) is 0 Å². The Morgan fingerprint density at radius 1 is 0.849 bits per heavy atom. The number of carbonyl (C=O) groups excluding carboxylic acids is 4. The minimum atomic E-state index is -4.58. The van der Waals surface area contributed by atoms with Crippen LogP contribution >= 0.6 is 0 Å². The van der Waals surface area contributed by atoms with Gasteiger partial charge in [-0.3, -0.25) is 19.2 Å². The fourth-order valence-corrected chi connectivity index (χ4v) is 5.02. The van der Waals surface area contributed by atoms with Crippen molar-refractivity contribution in [3.63, 3.8) is 0 Å². The number of benzene rings is 4. The lowest BCUT2D eigenvalue weighted by atomic mass is 9.81. The summed E-state index contributed by atoms with van der Waals surface area (Å²) in [5, 5.41) is 12.7. The van der Waals surface area contributed by atoms with Crippen molar-refractivity contribution in [3.05, 3.63) is 119 Å². The number of anilines is 1. The van der Waals surface area contributed by atoms with Crippen LogP contribution in [-0.4, -0.2) is 66.7 Å². The number of nitrogens with one attached hydrogen (secondary N) is 1. The van der Waals surface area contributed by atoms with Crippen LogP contribution in [0.15, 0.2) is 91.0 Å². The quantitative estimate of drug-likeness (QED) is 0.0659. The number of nitrogens with zero attached hydrogens (tertiary/aromatic N) is 1. The number of ether oxygens (including phenoxy) is 3. The van der Waals surface area contributed by atoms with E-state index in [0.29, 0.717) is 12.5 Å². The van der Waals surface area contributed by atoms with Crippen LogP contribution in [0.25, 0.3) is 11.1 Å². The molecule has 0 aliphatic carbocycles. The highest BCUT2D eigenvalue weighted by molar-refractivity contribution is 6.12. The van der Waals surface area contributed by atoms with Gasteiger partial charge in [0.1, 0.15) is 6.61 Å². The first-order valence-corrected chi connectivity index (χ1v) is 16.0. The molecule has 53 heavy (non-hydrogen) atoms. The van der Waals surface area contributed by atoms with Gasteiger partial charge in [-0.2, -0.15) is 13.2 Å². The molecule has 0 heterocycles. The summed E-state index contributed by atoms with van der Waals surface area (Å²) in [6, 6.07) is 18.7. The zero-order chi connectivity index (χ0) is 39.1. The van der Waals surface area contributed by atoms with Crippen LogP contribution in [-0.2, 0) is 30.7 Å². The predicted molar refractivity (Wildman–Crippen MR) is 183 cm³/mol. The maximum absolute atomic E-state index is 15.5. The lowest BCUT2D eigenvalue weighted by molar-refractivity contribution is -0.167. The van der Waals surface area contributed by atoms with E-state index in [9.17, 15) is 42.3 Å². The maximum atomic E-state index is 15.5. The monoisotopic (exact) mass is 738 g/mol. The van der Waals surface area contributed by atoms with Gasteiger partial charge >= 0.3 is 24.3 Å². The number of carboxylic acid groups (broad SMARTS) is 1. The molecular formula is C38H34F4N2O9. The first kappa shape index (κ1) is 39.5. The van der Waals surface area contributed by atoms with E-state index >= 15 is 4.39 Å². The lowest BCUT2D eigenvalue weighted by Crippen LogP contribution is -2.50. The Hall–Kier alpha value is -6.25. The molecule has 2 unspecified atom stereocenters. The van der Waals surface area contributed by atoms with Crippen molar-refractivity contribution in [2.45, 2.75) is 38.0 Å². The number of carbonyl (C=O) groups is 5. The maximum Gasteiger partial charge on any atom is 0.514 e. The summed E-state index contributed by atoms with van der Waals surface area (Å²) in [6.07, 6.45) is -6.54. The molecule has 4 aromatic rings. The number of amides is 2. The van der Waals surface area contributed by atoms with Crippen LogP contribution in [0.3, 0.4) is 0 Å². The fourth-order valence-electron chi connectivity index (χ4n) is 5.02. The third-order valence-corrected chi connectivity index (χ3v) is 8.11. The first-order chi connectivity index (χ1) is 25.0. The Balaban J connectivity index is 1.63. The normalized spacial score (nSPS) is 12.8. The average Bonchev–Trinajstić information content (AvgIpc) is 3.12. The highest BCUT2D eigenvalue weighted by Crippen LogP contribution is 2.34. The van der Waals surface area contributed by atoms with Gasteiger partial charge in [0.2, 0.25) is 5.41 Å². The van der Waals surface area contributed by atoms with Crippen molar-refractivity contribution in [2.24, 2.45) is 0 Å². The second-order valence-corrected chi connectivity index (χ2v) is 11.9. The van der Waals surface area contributed by atoms with Crippen LogP contribution in [0.4, 0.5) is 28.0 Å². The van der Waals surface area contributed by atoms with E-state index in [0.717, 1.165) is 23.1 Å². The van der Waals surface area contributed by atoms with Gasteiger partial charge in [0.05, 0.1) is 22.9 Å². The Bertz CT molecular complexity index is 2000. The Kier molecular flexibility index (Phi) is 12.2. The average molecular weight is 739 g/mol. The second-order valence-electron chi connectivity index (χ2n) is 11.9. The number of hydrogen-bond donors (Lipinski definition) is 2. The van der Waals surface area contributed by atoms with Gasteiger partial charge in [0.25, 0.3) is 11.8 Å². The van der Waals surface area contributed by atoms with E-state index < -0.39 is 71.3 Å². The SMILES string of the molecule is CCC(C)OC(=O)C(COC(=O)Oc1cc(C(=O)N(C)C)c(NC(=O)c2ccccc2-c2ccc(C(F)(F)F)cc2)cc1F)(C(=O)O)c1ccccc1. The number of esters is 1. The molecule has 4 rings (SSSR count). The van der Waals surface area contributed by atoms with Crippen LogP contribution in [0.5, 0.6) is 5.75 Å². The highest BCUT2D eigenvalue weighted by Gasteiger charge is 2.52. The van der Waals surface area contributed by atoms with Crippen molar-refractivity contribution in [1.29, 1.82) is 0 Å². The van der Waals surface area contributed by atoms with E-state index in [1.54, 1.807) is 26.0 Å². The van der Waals surface area contributed by atoms with Crippen molar-refractivity contribution in [2.75, 3.05) is 26.0 Å². The Morgan fingerprint density at radius 2 is 1.47 bits per heavy atom. The molecule has 2 N–H and O–H groups in total.